The number of benzene rings is 1. The number of halogens is 1. The smallest absolute Gasteiger partial charge is 0.404 e. The van der Waals surface area contributed by atoms with Gasteiger partial charge in [-0.25, -0.2) is 0 Å². The van der Waals surface area contributed by atoms with Gasteiger partial charge in [-0.3, -0.25) is 14.9 Å². The summed E-state index contributed by atoms with van der Waals surface area (Å²) < 4.78 is 7.01. The van der Waals surface area contributed by atoms with Crippen molar-refractivity contribution in [1.82, 2.24) is 9.78 Å². The standard InChI is InChI=1S/C16H12BrN5O6/c1-9-6-10(21(24)25)2-4-13(9)18-16(23)14-5-3-11(28-14)7-20-8-12(17)15(19-20)22(26)27/h2-6,8H,7H2,1H3,(H,18,23). The Morgan fingerprint density at radius 3 is 2.61 bits per heavy atom. The number of carbonyl (C=O) groups is 1. The molecule has 0 saturated carbocycles. The number of nitro benzene ring substituents is 1. The van der Waals surface area contributed by atoms with Crippen molar-refractivity contribution in [2.24, 2.45) is 0 Å². The van der Waals surface area contributed by atoms with Crippen LogP contribution in [0.4, 0.5) is 17.2 Å². The summed E-state index contributed by atoms with van der Waals surface area (Å²) in [6.07, 6.45) is 1.43. The van der Waals surface area contributed by atoms with Crippen LogP contribution in [0.1, 0.15) is 21.9 Å². The monoisotopic (exact) mass is 449 g/mol. The van der Waals surface area contributed by atoms with Crippen molar-refractivity contribution >= 4 is 39.0 Å². The molecule has 0 spiro atoms. The normalized spacial score (nSPS) is 10.6. The third-order valence-electron chi connectivity index (χ3n) is 3.74. The third-order valence-corrected chi connectivity index (χ3v) is 4.30. The lowest BCUT2D eigenvalue weighted by molar-refractivity contribution is -0.390. The number of furan rings is 1. The Bertz CT molecular complexity index is 1090. The Morgan fingerprint density at radius 2 is 2.00 bits per heavy atom. The second-order valence-electron chi connectivity index (χ2n) is 5.73. The van der Waals surface area contributed by atoms with Gasteiger partial charge >= 0.3 is 5.82 Å². The lowest BCUT2D eigenvalue weighted by Crippen LogP contribution is -2.12. The summed E-state index contributed by atoms with van der Waals surface area (Å²) in [6.45, 7) is 1.73. The average molecular weight is 450 g/mol. The second-order valence-corrected chi connectivity index (χ2v) is 6.59. The maximum absolute atomic E-state index is 12.3. The Labute approximate surface area is 165 Å². The molecule has 3 rings (SSSR count). The van der Waals surface area contributed by atoms with Crippen LogP contribution in [-0.4, -0.2) is 25.5 Å². The number of nitrogens with one attached hydrogen (secondary N) is 1. The van der Waals surface area contributed by atoms with Crippen molar-refractivity contribution in [3.63, 3.8) is 0 Å². The Kier molecular flexibility index (Phi) is 5.22. The minimum atomic E-state index is -0.617. The van der Waals surface area contributed by atoms with Crippen LogP contribution in [0.2, 0.25) is 0 Å². The van der Waals surface area contributed by atoms with Crippen molar-refractivity contribution in [1.29, 1.82) is 0 Å². The van der Waals surface area contributed by atoms with E-state index >= 15 is 0 Å². The van der Waals surface area contributed by atoms with E-state index in [2.05, 4.69) is 26.3 Å². The van der Waals surface area contributed by atoms with Crippen molar-refractivity contribution < 1.29 is 19.1 Å². The van der Waals surface area contributed by atoms with Crippen LogP contribution in [0.15, 0.2) is 45.4 Å². The molecule has 0 bridgehead atoms. The van der Waals surface area contributed by atoms with Gasteiger partial charge in [0.2, 0.25) is 0 Å². The highest BCUT2D eigenvalue weighted by Gasteiger charge is 2.20. The maximum Gasteiger partial charge on any atom is 0.404 e. The molecule has 0 atom stereocenters. The van der Waals surface area contributed by atoms with Crippen LogP contribution in [-0.2, 0) is 6.54 Å². The fourth-order valence-corrected chi connectivity index (χ4v) is 2.88. The average Bonchev–Trinajstić information content (AvgIpc) is 3.23. The Morgan fingerprint density at radius 1 is 1.25 bits per heavy atom. The van der Waals surface area contributed by atoms with Gasteiger partial charge in [0.05, 0.1) is 16.2 Å². The first-order valence-electron chi connectivity index (χ1n) is 7.77. The van der Waals surface area contributed by atoms with Crippen molar-refractivity contribution in [2.45, 2.75) is 13.5 Å². The molecule has 2 heterocycles. The molecule has 12 heteroatoms. The first-order valence-corrected chi connectivity index (χ1v) is 8.56. The van der Waals surface area contributed by atoms with Gasteiger partial charge in [-0.1, -0.05) is 0 Å². The van der Waals surface area contributed by atoms with E-state index in [4.69, 9.17) is 4.42 Å². The summed E-state index contributed by atoms with van der Waals surface area (Å²) in [5.41, 5.74) is 0.874. The summed E-state index contributed by atoms with van der Waals surface area (Å²) in [7, 11) is 0. The maximum atomic E-state index is 12.3. The lowest BCUT2D eigenvalue weighted by Gasteiger charge is -2.06. The molecule has 0 aliphatic heterocycles. The number of carbonyl (C=O) groups excluding carboxylic acids is 1. The molecule has 0 saturated heterocycles. The molecule has 1 amide bonds. The topological polar surface area (TPSA) is 146 Å². The lowest BCUT2D eigenvalue weighted by atomic mass is 10.2. The molecule has 11 nitrogen and oxygen atoms in total. The first kappa shape index (κ1) is 19.2. The fourth-order valence-electron chi connectivity index (χ4n) is 2.42. The molecule has 0 radical (unpaired) electrons. The van der Waals surface area contributed by atoms with E-state index in [1.807, 2.05) is 0 Å². The fraction of sp³-hybridized carbons (Fsp3) is 0.125. The molecule has 1 aromatic carbocycles. The molecular formula is C16H12BrN5O6. The number of anilines is 1. The number of hydrogen-bond acceptors (Lipinski definition) is 7. The van der Waals surface area contributed by atoms with E-state index in [1.165, 1.54) is 35.1 Å². The summed E-state index contributed by atoms with van der Waals surface area (Å²) in [5, 5.41) is 28.0. The van der Waals surface area contributed by atoms with E-state index in [-0.39, 0.29) is 28.3 Å². The van der Waals surface area contributed by atoms with E-state index in [1.54, 1.807) is 13.0 Å². The number of aryl methyl sites for hydroxylation is 1. The van der Waals surface area contributed by atoms with Crippen LogP contribution in [0.3, 0.4) is 0 Å². The van der Waals surface area contributed by atoms with Gasteiger partial charge in [-0.15, -0.1) is 0 Å². The van der Waals surface area contributed by atoms with Crippen LogP contribution in [0.5, 0.6) is 0 Å². The molecule has 3 aromatic rings. The van der Waals surface area contributed by atoms with Gasteiger partial charge < -0.3 is 19.8 Å². The van der Waals surface area contributed by atoms with Gasteiger partial charge in [0.25, 0.3) is 11.6 Å². The van der Waals surface area contributed by atoms with E-state index < -0.39 is 15.8 Å². The predicted octanol–water partition coefficient (Wildman–Crippen LogP) is 3.66. The molecule has 144 valence electrons. The van der Waals surface area contributed by atoms with Crippen LogP contribution in [0.25, 0.3) is 0 Å². The molecule has 0 unspecified atom stereocenters. The molecule has 28 heavy (non-hydrogen) atoms. The first-order chi connectivity index (χ1) is 13.2. The Balaban J connectivity index is 1.71. The molecular weight excluding hydrogens is 438 g/mol. The zero-order valence-electron chi connectivity index (χ0n) is 14.3. The minimum Gasteiger partial charge on any atom is -0.454 e. The van der Waals surface area contributed by atoms with Gasteiger partial charge in [0.1, 0.15) is 16.8 Å². The quantitative estimate of drug-likeness (QED) is 0.445. The molecule has 1 N–H and O–H groups in total. The van der Waals surface area contributed by atoms with Crippen LogP contribution >= 0.6 is 15.9 Å². The van der Waals surface area contributed by atoms with E-state index in [9.17, 15) is 25.0 Å². The minimum absolute atomic E-state index is 0.0217. The molecule has 0 aliphatic carbocycles. The highest BCUT2D eigenvalue weighted by atomic mass is 79.9. The summed E-state index contributed by atoms with van der Waals surface area (Å²) in [5.74, 6) is -0.460. The van der Waals surface area contributed by atoms with Gasteiger partial charge in [0.15, 0.2) is 5.76 Å². The van der Waals surface area contributed by atoms with Crippen LogP contribution < -0.4 is 5.32 Å². The van der Waals surface area contributed by atoms with Gasteiger partial charge in [0, 0.05) is 17.8 Å². The zero-order valence-corrected chi connectivity index (χ0v) is 15.9. The highest BCUT2D eigenvalue weighted by Crippen LogP contribution is 2.24. The summed E-state index contributed by atoms with van der Waals surface area (Å²) >= 11 is 3.06. The summed E-state index contributed by atoms with van der Waals surface area (Å²) in [4.78, 5) is 32.8. The number of nitrogens with zero attached hydrogens (tertiary/aromatic N) is 4. The molecule has 0 fully saturated rings. The van der Waals surface area contributed by atoms with Crippen molar-refractivity contribution in [3.8, 4) is 0 Å². The zero-order chi connectivity index (χ0) is 20.4. The SMILES string of the molecule is Cc1cc([N+](=O)[O-])ccc1NC(=O)c1ccc(Cn2cc(Br)c([N+](=O)[O-])n2)o1. The number of aromatic nitrogens is 2. The van der Waals surface area contributed by atoms with Crippen LogP contribution in [0, 0.1) is 27.2 Å². The number of hydrogen-bond donors (Lipinski definition) is 1. The number of nitro groups is 2. The number of rotatable bonds is 6. The predicted molar refractivity (Wildman–Crippen MR) is 100 cm³/mol. The van der Waals surface area contributed by atoms with Gasteiger partial charge in [-0.05, 0) is 51.5 Å². The van der Waals surface area contributed by atoms with Gasteiger partial charge in [-0.2, -0.15) is 4.68 Å². The third kappa shape index (κ3) is 4.06. The van der Waals surface area contributed by atoms with E-state index in [0.717, 1.165) is 0 Å². The largest absolute Gasteiger partial charge is 0.454 e. The molecule has 0 aliphatic rings. The number of amides is 1. The molecule has 2 aromatic heterocycles. The Hall–Kier alpha value is -3.54. The van der Waals surface area contributed by atoms with E-state index in [0.29, 0.717) is 17.0 Å². The van der Waals surface area contributed by atoms with Crippen molar-refractivity contribution in [3.05, 3.63) is 78.3 Å². The summed E-state index contributed by atoms with van der Waals surface area (Å²) in [6, 6.07) is 7.09. The number of non-ortho nitro benzene ring substituents is 1. The second kappa shape index (κ2) is 7.60. The van der Waals surface area contributed by atoms with Crippen molar-refractivity contribution in [2.75, 3.05) is 5.32 Å². The highest BCUT2D eigenvalue weighted by molar-refractivity contribution is 9.10.